The molecule has 0 saturated heterocycles. The maximum absolute atomic E-state index is 11.1. The Morgan fingerprint density at radius 1 is 0.684 bits per heavy atom. The van der Waals surface area contributed by atoms with E-state index in [9.17, 15) is 9.59 Å². The molecule has 2 nitrogen and oxygen atoms in total. The minimum Gasteiger partial charge on any atom is -0.303 e. The summed E-state index contributed by atoms with van der Waals surface area (Å²) < 4.78 is 0. The fourth-order valence-corrected chi connectivity index (χ4v) is 2.52. The molecule has 0 fully saturated rings. The normalized spacial score (nSPS) is 10.9. The van der Waals surface area contributed by atoms with Gasteiger partial charge in [-0.05, 0) is 11.1 Å². The van der Waals surface area contributed by atoms with Crippen LogP contribution < -0.4 is 0 Å². The van der Waals surface area contributed by atoms with Gasteiger partial charge in [-0.15, -0.1) is 0 Å². The Hall–Kier alpha value is -2.22. The van der Waals surface area contributed by atoms with Crippen molar-refractivity contribution < 1.29 is 9.59 Å². The molecular formula is C17H16O2. The van der Waals surface area contributed by atoms with Crippen LogP contribution in [-0.4, -0.2) is 12.6 Å². The molecule has 2 aromatic carbocycles. The predicted octanol–water partition coefficient (Wildman–Crippen LogP) is 3.15. The van der Waals surface area contributed by atoms with Gasteiger partial charge in [-0.2, -0.15) is 0 Å². The summed E-state index contributed by atoms with van der Waals surface area (Å²) in [6.07, 6.45) is 2.40. The fourth-order valence-electron chi connectivity index (χ4n) is 2.52. The van der Waals surface area contributed by atoms with Gasteiger partial charge in [0.2, 0.25) is 0 Å². The van der Waals surface area contributed by atoms with Crippen molar-refractivity contribution in [1.82, 2.24) is 0 Å². The number of benzene rings is 2. The molecule has 0 saturated carbocycles. The van der Waals surface area contributed by atoms with Gasteiger partial charge >= 0.3 is 0 Å². The second-order valence-corrected chi connectivity index (χ2v) is 4.56. The van der Waals surface area contributed by atoms with E-state index in [-0.39, 0.29) is 0 Å². The van der Waals surface area contributed by atoms with Crippen molar-refractivity contribution in [3.8, 4) is 0 Å². The molecule has 96 valence electrons. The average Bonchev–Trinajstić information content (AvgIpc) is 2.49. The van der Waals surface area contributed by atoms with Crippen LogP contribution in [0.3, 0.4) is 0 Å². The minimum absolute atomic E-state index is 0.305. The number of hydrogen-bond donors (Lipinski definition) is 0. The Labute approximate surface area is 113 Å². The molecule has 0 amide bonds. The molecule has 0 bridgehead atoms. The number of rotatable bonds is 6. The molecule has 0 aliphatic heterocycles. The van der Waals surface area contributed by atoms with Gasteiger partial charge in [0.1, 0.15) is 12.6 Å². The molecular weight excluding hydrogens is 236 g/mol. The number of carbonyl (C=O) groups excluding carboxylic acids is 2. The van der Waals surface area contributed by atoms with Gasteiger partial charge in [0, 0.05) is 18.3 Å². The van der Waals surface area contributed by atoms with Crippen LogP contribution >= 0.6 is 0 Å². The predicted molar refractivity (Wildman–Crippen MR) is 75.0 cm³/mol. The number of aldehydes is 2. The van der Waals surface area contributed by atoms with Crippen molar-refractivity contribution in [2.24, 2.45) is 0 Å². The molecule has 0 radical (unpaired) electrons. The summed E-state index contributed by atoms with van der Waals surface area (Å²) in [7, 11) is 0. The van der Waals surface area contributed by atoms with Crippen molar-refractivity contribution in [1.29, 1.82) is 0 Å². The summed E-state index contributed by atoms with van der Waals surface area (Å²) >= 11 is 0. The maximum atomic E-state index is 11.1. The molecule has 0 aliphatic rings. The third-order valence-corrected chi connectivity index (χ3v) is 3.52. The Morgan fingerprint density at radius 2 is 1.05 bits per heavy atom. The van der Waals surface area contributed by atoms with Gasteiger partial charge in [-0.1, -0.05) is 60.7 Å². The van der Waals surface area contributed by atoms with Crippen LogP contribution in [0.2, 0.25) is 0 Å². The van der Waals surface area contributed by atoms with Crippen molar-refractivity contribution in [2.75, 3.05) is 0 Å². The summed E-state index contributed by atoms with van der Waals surface area (Å²) in [5.41, 5.74) is 1.45. The highest BCUT2D eigenvalue weighted by Crippen LogP contribution is 2.37. The van der Waals surface area contributed by atoms with Crippen molar-refractivity contribution >= 4 is 12.6 Å². The molecule has 0 N–H and O–H groups in total. The van der Waals surface area contributed by atoms with Crippen LogP contribution in [0.1, 0.15) is 24.0 Å². The van der Waals surface area contributed by atoms with E-state index in [0.29, 0.717) is 12.8 Å². The largest absolute Gasteiger partial charge is 0.303 e. The zero-order valence-corrected chi connectivity index (χ0v) is 10.7. The third kappa shape index (κ3) is 2.63. The van der Waals surface area contributed by atoms with Gasteiger partial charge in [0.15, 0.2) is 0 Å². The van der Waals surface area contributed by atoms with Gasteiger partial charge in [0.05, 0.1) is 0 Å². The van der Waals surface area contributed by atoms with Crippen LogP contribution in [-0.2, 0) is 15.0 Å². The molecule has 0 aliphatic carbocycles. The number of carbonyl (C=O) groups is 2. The maximum Gasteiger partial charge on any atom is 0.121 e. The molecule has 2 rings (SSSR count). The summed E-state index contributed by atoms with van der Waals surface area (Å²) in [5.74, 6) is 0. The summed E-state index contributed by atoms with van der Waals surface area (Å²) in [4.78, 5) is 22.3. The quantitative estimate of drug-likeness (QED) is 0.740. The van der Waals surface area contributed by atoms with Crippen LogP contribution in [0, 0.1) is 0 Å². The number of hydrogen-bond acceptors (Lipinski definition) is 2. The van der Waals surface area contributed by atoms with Crippen molar-refractivity contribution in [2.45, 2.75) is 18.3 Å². The van der Waals surface area contributed by atoms with E-state index < -0.39 is 5.41 Å². The van der Waals surface area contributed by atoms with Gasteiger partial charge < -0.3 is 9.59 Å². The first-order valence-electron chi connectivity index (χ1n) is 6.32. The van der Waals surface area contributed by atoms with Gasteiger partial charge in [0.25, 0.3) is 0 Å². The topological polar surface area (TPSA) is 34.1 Å². The Morgan fingerprint density at radius 3 is 1.37 bits per heavy atom. The highest BCUT2D eigenvalue weighted by Gasteiger charge is 2.33. The van der Waals surface area contributed by atoms with Crippen molar-refractivity contribution in [3.05, 3.63) is 71.8 Å². The van der Waals surface area contributed by atoms with Crippen LogP contribution in [0.15, 0.2) is 60.7 Å². The average molecular weight is 252 g/mol. The molecule has 0 heterocycles. The Kier molecular flexibility index (Phi) is 4.24. The fraction of sp³-hybridized carbons (Fsp3) is 0.176. The van der Waals surface area contributed by atoms with E-state index in [1.165, 1.54) is 0 Å². The zero-order valence-electron chi connectivity index (χ0n) is 10.7. The van der Waals surface area contributed by atoms with Gasteiger partial charge in [-0.3, -0.25) is 0 Å². The standard InChI is InChI=1S/C17H16O2/c18-13-11-17(12-14-19,15-7-3-1-4-8-15)16-9-5-2-6-10-16/h1-10,13-14H,11-12H2. The van der Waals surface area contributed by atoms with Crippen LogP contribution in [0.5, 0.6) is 0 Å². The molecule has 0 aromatic heterocycles. The highest BCUT2D eigenvalue weighted by atomic mass is 16.1. The van der Waals surface area contributed by atoms with Crippen LogP contribution in [0.25, 0.3) is 0 Å². The first-order valence-corrected chi connectivity index (χ1v) is 6.32. The molecule has 0 atom stereocenters. The summed E-state index contributed by atoms with van der Waals surface area (Å²) in [6.45, 7) is 0. The smallest absolute Gasteiger partial charge is 0.121 e. The Balaban J connectivity index is 2.60. The van der Waals surface area contributed by atoms with E-state index in [1.807, 2.05) is 60.7 Å². The zero-order chi connectivity index (χ0) is 13.6. The monoisotopic (exact) mass is 252 g/mol. The van der Waals surface area contributed by atoms with Crippen LogP contribution in [0.4, 0.5) is 0 Å². The molecule has 0 spiro atoms. The summed E-state index contributed by atoms with van der Waals surface area (Å²) in [6, 6.07) is 19.5. The molecule has 2 heteroatoms. The second kappa shape index (κ2) is 6.10. The minimum atomic E-state index is -0.550. The molecule has 0 unspecified atom stereocenters. The lowest BCUT2D eigenvalue weighted by atomic mass is 9.70. The molecule has 19 heavy (non-hydrogen) atoms. The lowest BCUT2D eigenvalue weighted by Gasteiger charge is -2.31. The lowest BCUT2D eigenvalue weighted by molar-refractivity contribution is -0.110. The summed E-state index contributed by atoms with van der Waals surface area (Å²) in [5, 5.41) is 0. The van der Waals surface area contributed by atoms with E-state index in [2.05, 4.69) is 0 Å². The lowest BCUT2D eigenvalue weighted by Crippen LogP contribution is -2.29. The second-order valence-electron chi connectivity index (χ2n) is 4.56. The third-order valence-electron chi connectivity index (χ3n) is 3.52. The Bertz CT molecular complexity index is 480. The van der Waals surface area contributed by atoms with Crippen molar-refractivity contribution in [3.63, 3.8) is 0 Å². The van der Waals surface area contributed by atoms with Gasteiger partial charge in [-0.25, -0.2) is 0 Å². The van der Waals surface area contributed by atoms with E-state index >= 15 is 0 Å². The van der Waals surface area contributed by atoms with E-state index in [1.54, 1.807) is 0 Å². The van der Waals surface area contributed by atoms with E-state index in [0.717, 1.165) is 23.7 Å². The SMILES string of the molecule is O=CCC(CC=O)(c1ccccc1)c1ccccc1. The highest BCUT2D eigenvalue weighted by molar-refractivity contribution is 5.63. The first kappa shape index (κ1) is 13.2. The van der Waals surface area contributed by atoms with E-state index in [4.69, 9.17) is 0 Å². The first-order chi connectivity index (χ1) is 9.33. The molecule has 2 aromatic rings.